The molecule has 2 aromatic rings. The molecule has 0 aliphatic rings. The van der Waals surface area contributed by atoms with E-state index in [1.54, 1.807) is 19.3 Å². The summed E-state index contributed by atoms with van der Waals surface area (Å²) in [5, 5.41) is 0. The Kier molecular flexibility index (Phi) is 4.53. The third-order valence-corrected chi connectivity index (χ3v) is 2.91. The van der Waals surface area contributed by atoms with E-state index in [1.165, 1.54) is 0 Å². The van der Waals surface area contributed by atoms with Gasteiger partial charge in [0.05, 0.1) is 12.2 Å². The zero-order chi connectivity index (χ0) is 14.5. The maximum atomic E-state index is 12.0. The molecule has 2 rings (SSSR count). The lowest BCUT2D eigenvalue weighted by Gasteiger charge is -2.06. The second-order valence-electron chi connectivity index (χ2n) is 4.71. The van der Waals surface area contributed by atoms with E-state index in [0.29, 0.717) is 18.6 Å². The van der Waals surface area contributed by atoms with E-state index in [1.807, 2.05) is 25.1 Å². The predicted molar refractivity (Wildman–Crippen MR) is 77.3 cm³/mol. The van der Waals surface area contributed by atoms with Crippen LogP contribution in [0, 0.1) is 0 Å². The Labute approximate surface area is 118 Å². The van der Waals surface area contributed by atoms with E-state index in [-0.39, 0.29) is 12.0 Å². The minimum absolute atomic E-state index is 0.0351. The van der Waals surface area contributed by atoms with Gasteiger partial charge in [0, 0.05) is 41.8 Å². The lowest BCUT2D eigenvalue weighted by molar-refractivity contribution is 0.0525. The van der Waals surface area contributed by atoms with E-state index >= 15 is 0 Å². The monoisotopic (exact) mass is 273 g/mol. The highest BCUT2D eigenvalue weighted by Crippen LogP contribution is 2.23. The van der Waals surface area contributed by atoms with Crippen LogP contribution in [0.15, 0.2) is 30.6 Å². The number of aromatic nitrogens is 2. The number of nitrogens with two attached hydrogens (primary N) is 1. The van der Waals surface area contributed by atoms with Crippen molar-refractivity contribution in [2.24, 2.45) is 5.73 Å². The number of hydrogen-bond donors (Lipinski definition) is 2. The van der Waals surface area contributed by atoms with Gasteiger partial charge in [0.15, 0.2) is 0 Å². The van der Waals surface area contributed by atoms with Gasteiger partial charge in [-0.1, -0.05) is 0 Å². The standard InChI is InChI=1S/C15H19N3O2/c1-3-20-15(19)12-9-13(11-4-6-17-7-5-11)18-14(12)8-10(2)16/h4-7,9-10,18H,3,8,16H2,1-2H3/t10-/m0/s1. The number of nitrogens with zero attached hydrogens (tertiary/aromatic N) is 1. The fourth-order valence-electron chi connectivity index (χ4n) is 2.06. The molecule has 0 amide bonds. The molecule has 2 aromatic heterocycles. The van der Waals surface area contributed by atoms with Crippen LogP contribution in [0.1, 0.15) is 29.9 Å². The molecule has 0 saturated carbocycles. The highest BCUT2D eigenvalue weighted by molar-refractivity contribution is 5.92. The first-order chi connectivity index (χ1) is 9.61. The average Bonchev–Trinajstić information content (AvgIpc) is 2.83. The molecule has 0 spiro atoms. The van der Waals surface area contributed by atoms with Crippen LogP contribution in [0.25, 0.3) is 11.3 Å². The molecule has 0 unspecified atom stereocenters. The molecule has 0 radical (unpaired) electrons. The van der Waals surface area contributed by atoms with Crippen LogP contribution in [-0.4, -0.2) is 28.6 Å². The Morgan fingerprint density at radius 2 is 2.15 bits per heavy atom. The molecular formula is C15H19N3O2. The largest absolute Gasteiger partial charge is 0.462 e. The van der Waals surface area contributed by atoms with Crippen LogP contribution in [0.5, 0.6) is 0 Å². The van der Waals surface area contributed by atoms with Gasteiger partial charge in [-0.3, -0.25) is 4.98 Å². The fraction of sp³-hybridized carbons (Fsp3) is 0.333. The summed E-state index contributed by atoms with van der Waals surface area (Å²) in [6.07, 6.45) is 4.02. The molecule has 3 N–H and O–H groups in total. The van der Waals surface area contributed by atoms with Crippen LogP contribution in [0.3, 0.4) is 0 Å². The first-order valence-corrected chi connectivity index (χ1v) is 6.66. The summed E-state index contributed by atoms with van der Waals surface area (Å²) in [5.74, 6) is -0.320. The van der Waals surface area contributed by atoms with E-state index in [0.717, 1.165) is 17.0 Å². The molecular weight excluding hydrogens is 254 g/mol. The Morgan fingerprint density at radius 3 is 2.75 bits per heavy atom. The Bertz CT molecular complexity index is 576. The molecule has 0 aliphatic carbocycles. The summed E-state index contributed by atoms with van der Waals surface area (Å²) in [7, 11) is 0. The van der Waals surface area contributed by atoms with Crippen molar-refractivity contribution < 1.29 is 9.53 Å². The summed E-state index contributed by atoms with van der Waals surface area (Å²) in [4.78, 5) is 19.2. The molecule has 0 aliphatic heterocycles. The maximum Gasteiger partial charge on any atom is 0.339 e. The zero-order valence-corrected chi connectivity index (χ0v) is 11.7. The normalized spacial score (nSPS) is 12.2. The van der Waals surface area contributed by atoms with Crippen LogP contribution in [0.4, 0.5) is 0 Å². The van der Waals surface area contributed by atoms with Crippen LogP contribution >= 0.6 is 0 Å². The Hall–Kier alpha value is -2.14. The number of aromatic amines is 1. The van der Waals surface area contributed by atoms with E-state index < -0.39 is 0 Å². The summed E-state index contributed by atoms with van der Waals surface area (Å²) in [5.41, 5.74) is 9.04. The Balaban J connectivity index is 2.39. The van der Waals surface area contributed by atoms with Gasteiger partial charge in [-0.05, 0) is 32.0 Å². The van der Waals surface area contributed by atoms with Crippen molar-refractivity contribution in [3.63, 3.8) is 0 Å². The predicted octanol–water partition coefficient (Wildman–Crippen LogP) is 2.14. The average molecular weight is 273 g/mol. The van der Waals surface area contributed by atoms with Gasteiger partial charge in [-0.25, -0.2) is 4.79 Å². The van der Waals surface area contributed by atoms with Crippen molar-refractivity contribution in [3.05, 3.63) is 41.9 Å². The number of hydrogen-bond acceptors (Lipinski definition) is 4. The van der Waals surface area contributed by atoms with Crippen molar-refractivity contribution in [1.82, 2.24) is 9.97 Å². The van der Waals surface area contributed by atoms with Crippen molar-refractivity contribution in [1.29, 1.82) is 0 Å². The SMILES string of the molecule is CCOC(=O)c1cc(-c2ccncc2)[nH]c1C[C@H](C)N. The van der Waals surface area contributed by atoms with Crippen molar-refractivity contribution in [2.75, 3.05) is 6.61 Å². The van der Waals surface area contributed by atoms with Gasteiger partial charge >= 0.3 is 5.97 Å². The van der Waals surface area contributed by atoms with Crippen LogP contribution in [0.2, 0.25) is 0 Å². The molecule has 0 bridgehead atoms. The number of H-pyrrole nitrogens is 1. The molecule has 0 saturated heterocycles. The number of ether oxygens (including phenoxy) is 1. The highest BCUT2D eigenvalue weighted by atomic mass is 16.5. The second kappa shape index (κ2) is 6.34. The third-order valence-electron chi connectivity index (χ3n) is 2.91. The molecule has 2 heterocycles. The molecule has 20 heavy (non-hydrogen) atoms. The van der Waals surface area contributed by atoms with Gasteiger partial charge in [-0.15, -0.1) is 0 Å². The van der Waals surface area contributed by atoms with Crippen LogP contribution in [-0.2, 0) is 11.2 Å². The number of esters is 1. The number of carbonyl (C=O) groups is 1. The van der Waals surface area contributed by atoms with Gasteiger partial charge in [0.1, 0.15) is 0 Å². The summed E-state index contributed by atoms with van der Waals surface area (Å²) < 4.78 is 5.09. The summed E-state index contributed by atoms with van der Waals surface area (Å²) >= 11 is 0. The van der Waals surface area contributed by atoms with Gasteiger partial charge in [0.2, 0.25) is 0 Å². The molecule has 0 aromatic carbocycles. The second-order valence-corrected chi connectivity index (χ2v) is 4.71. The van der Waals surface area contributed by atoms with Gasteiger partial charge in [0.25, 0.3) is 0 Å². The molecule has 5 heteroatoms. The van der Waals surface area contributed by atoms with Gasteiger partial charge < -0.3 is 15.5 Å². The minimum atomic E-state index is -0.320. The summed E-state index contributed by atoms with van der Waals surface area (Å²) in [6.45, 7) is 4.05. The van der Waals surface area contributed by atoms with Crippen molar-refractivity contribution in [2.45, 2.75) is 26.3 Å². The van der Waals surface area contributed by atoms with E-state index in [4.69, 9.17) is 10.5 Å². The van der Waals surface area contributed by atoms with Crippen molar-refractivity contribution >= 4 is 5.97 Å². The Morgan fingerprint density at radius 1 is 1.45 bits per heavy atom. The van der Waals surface area contributed by atoms with E-state index in [9.17, 15) is 4.79 Å². The van der Waals surface area contributed by atoms with Crippen molar-refractivity contribution in [3.8, 4) is 11.3 Å². The first-order valence-electron chi connectivity index (χ1n) is 6.66. The first kappa shape index (κ1) is 14.3. The highest BCUT2D eigenvalue weighted by Gasteiger charge is 2.18. The van der Waals surface area contributed by atoms with Gasteiger partial charge in [-0.2, -0.15) is 0 Å². The molecule has 0 fully saturated rings. The van der Waals surface area contributed by atoms with E-state index in [2.05, 4.69) is 9.97 Å². The topological polar surface area (TPSA) is 81.0 Å². The molecule has 106 valence electrons. The quantitative estimate of drug-likeness (QED) is 0.818. The zero-order valence-electron chi connectivity index (χ0n) is 11.7. The maximum absolute atomic E-state index is 12.0. The number of pyridine rings is 1. The lowest BCUT2D eigenvalue weighted by atomic mass is 10.1. The van der Waals surface area contributed by atoms with Crippen LogP contribution < -0.4 is 5.73 Å². The number of rotatable bonds is 5. The smallest absolute Gasteiger partial charge is 0.339 e. The summed E-state index contributed by atoms with van der Waals surface area (Å²) in [6, 6.07) is 5.55. The number of nitrogens with one attached hydrogen (secondary N) is 1. The minimum Gasteiger partial charge on any atom is -0.462 e. The fourth-order valence-corrected chi connectivity index (χ4v) is 2.06. The third kappa shape index (κ3) is 3.24. The lowest BCUT2D eigenvalue weighted by Crippen LogP contribution is -2.20. The molecule has 1 atom stereocenters. The number of carbonyl (C=O) groups excluding carboxylic acids is 1. The molecule has 5 nitrogen and oxygen atoms in total.